The molecule has 3 unspecified atom stereocenters. The molecule has 0 aliphatic carbocycles. The van der Waals surface area contributed by atoms with Crippen LogP contribution in [0.1, 0.15) is 38.8 Å². The third-order valence-electron chi connectivity index (χ3n) is 7.07. The quantitative estimate of drug-likeness (QED) is 0.538. The summed E-state index contributed by atoms with van der Waals surface area (Å²) in [4.78, 5) is 47.0. The molecule has 4 rings (SSSR count). The first-order valence-corrected chi connectivity index (χ1v) is 14.0. The van der Waals surface area contributed by atoms with Crippen LogP contribution in [-0.4, -0.2) is 96.5 Å². The summed E-state index contributed by atoms with van der Waals surface area (Å²) >= 11 is 0. The molecular weight excluding hydrogens is 470 g/mol. The van der Waals surface area contributed by atoms with Crippen LogP contribution in [0.5, 0.6) is 0 Å². The number of rotatable bonds is 8. The van der Waals surface area contributed by atoms with Gasteiger partial charge in [0.1, 0.15) is 11.8 Å². The number of sulfonamides is 1. The summed E-state index contributed by atoms with van der Waals surface area (Å²) in [6, 6.07) is 3.73. The van der Waals surface area contributed by atoms with Crippen LogP contribution < -0.4 is 5.32 Å². The minimum atomic E-state index is -3.78. The van der Waals surface area contributed by atoms with Gasteiger partial charge in [0.2, 0.25) is 21.8 Å². The molecule has 3 fully saturated rings. The van der Waals surface area contributed by atoms with Crippen molar-refractivity contribution in [3.8, 4) is 0 Å². The number of pyridine rings is 1. The number of carbonyl (C=O) groups is 3. The molecule has 1 aromatic rings. The van der Waals surface area contributed by atoms with Gasteiger partial charge in [-0.2, -0.15) is 4.31 Å². The van der Waals surface area contributed by atoms with E-state index in [0.29, 0.717) is 38.2 Å². The molecule has 3 saturated heterocycles. The Bertz CT molecular complexity index is 1040. The van der Waals surface area contributed by atoms with Crippen LogP contribution >= 0.6 is 0 Å². The Kier molecular flexibility index (Phi) is 7.87. The van der Waals surface area contributed by atoms with Crippen LogP contribution in [0.3, 0.4) is 0 Å². The van der Waals surface area contributed by atoms with Crippen LogP contribution in [0.4, 0.5) is 0 Å². The van der Waals surface area contributed by atoms with E-state index in [4.69, 9.17) is 0 Å². The standard InChI is InChI=1S/C24H35N5O5S/c1-17(2)13-18(14-22(31)27-11-8-25-9-12-27)24(32)28-10-6-20-23(28)21(30)15-29(20)35(33,34)16-19-5-3-4-7-26-19/h3-5,7,17-18,20,23,25H,6,8-16H2,1-2H3. The van der Waals surface area contributed by atoms with Crippen molar-refractivity contribution >= 4 is 27.6 Å². The van der Waals surface area contributed by atoms with Crippen molar-refractivity contribution in [1.29, 1.82) is 0 Å². The lowest BCUT2D eigenvalue weighted by Crippen LogP contribution is -2.49. The zero-order valence-corrected chi connectivity index (χ0v) is 21.2. The van der Waals surface area contributed by atoms with E-state index >= 15 is 0 Å². The third kappa shape index (κ3) is 5.73. The lowest BCUT2D eigenvalue weighted by atomic mass is 9.91. The molecule has 3 atom stereocenters. The number of fused-ring (bicyclic) bond motifs is 1. The van der Waals surface area contributed by atoms with E-state index in [1.807, 2.05) is 13.8 Å². The lowest BCUT2D eigenvalue weighted by Gasteiger charge is -2.31. The molecule has 1 aromatic heterocycles. The number of amides is 2. The van der Waals surface area contributed by atoms with Gasteiger partial charge in [0.25, 0.3) is 0 Å². The molecule has 0 bridgehead atoms. The third-order valence-corrected chi connectivity index (χ3v) is 8.85. The van der Waals surface area contributed by atoms with Crippen LogP contribution in [0.15, 0.2) is 24.4 Å². The zero-order chi connectivity index (χ0) is 25.2. The first-order valence-electron chi connectivity index (χ1n) is 12.4. The van der Waals surface area contributed by atoms with Gasteiger partial charge in [-0.1, -0.05) is 19.9 Å². The second-order valence-electron chi connectivity index (χ2n) is 10.1. The van der Waals surface area contributed by atoms with Crippen molar-refractivity contribution in [3.63, 3.8) is 0 Å². The molecule has 0 radical (unpaired) electrons. The van der Waals surface area contributed by atoms with Crippen LogP contribution in [0.25, 0.3) is 0 Å². The van der Waals surface area contributed by atoms with Gasteiger partial charge >= 0.3 is 0 Å². The first-order chi connectivity index (χ1) is 16.7. The Morgan fingerprint density at radius 1 is 1.17 bits per heavy atom. The number of nitrogens with one attached hydrogen (secondary N) is 1. The molecule has 192 valence electrons. The summed E-state index contributed by atoms with van der Waals surface area (Å²) in [6.45, 7) is 6.82. The Balaban J connectivity index is 1.48. The number of hydrogen-bond donors (Lipinski definition) is 1. The van der Waals surface area contributed by atoms with Crippen molar-refractivity contribution in [1.82, 2.24) is 24.4 Å². The van der Waals surface area contributed by atoms with E-state index in [1.54, 1.807) is 28.0 Å². The number of likely N-dealkylation sites (tertiary alicyclic amines) is 1. The highest BCUT2D eigenvalue weighted by atomic mass is 32.2. The van der Waals surface area contributed by atoms with E-state index in [9.17, 15) is 22.8 Å². The Morgan fingerprint density at radius 2 is 1.91 bits per heavy atom. The van der Waals surface area contributed by atoms with Gasteiger partial charge in [0.05, 0.1) is 18.3 Å². The number of hydrogen-bond acceptors (Lipinski definition) is 7. The SMILES string of the molecule is CC(C)CC(CC(=O)N1CCNCC1)C(=O)N1CCC2C1C(=O)CN2S(=O)(=O)Cc1ccccn1. The van der Waals surface area contributed by atoms with Gasteiger partial charge in [-0.3, -0.25) is 19.4 Å². The smallest absolute Gasteiger partial charge is 0.226 e. The molecular formula is C24H35N5O5S. The highest BCUT2D eigenvalue weighted by Crippen LogP contribution is 2.34. The topological polar surface area (TPSA) is 120 Å². The summed E-state index contributed by atoms with van der Waals surface area (Å²) in [7, 11) is -3.78. The summed E-state index contributed by atoms with van der Waals surface area (Å²) < 4.78 is 27.5. The Morgan fingerprint density at radius 3 is 2.57 bits per heavy atom. The van der Waals surface area contributed by atoms with Crippen LogP contribution in [-0.2, 0) is 30.2 Å². The van der Waals surface area contributed by atoms with Crippen molar-refractivity contribution in [2.24, 2.45) is 11.8 Å². The predicted molar refractivity (Wildman–Crippen MR) is 129 cm³/mol. The van der Waals surface area contributed by atoms with Gasteiger partial charge < -0.3 is 15.1 Å². The zero-order valence-electron chi connectivity index (χ0n) is 20.4. The molecule has 3 aliphatic heterocycles. The molecule has 3 aliphatic rings. The highest BCUT2D eigenvalue weighted by molar-refractivity contribution is 7.88. The van der Waals surface area contributed by atoms with Crippen molar-refractivity contribution in [2.45, 2.75) is 50.9 Å². The van der Waals surface area contributed by atoms with Crippen LogP contribution in [0, 0.1) is 11.8 Å². The maximum atomic E-state index is 13.6. The van der Waals surface area contributed by atoms with E-state index in [1.165, 1.54) is 10.5 Å². The molecule has 1 N–H and O–H groups in total. The van der Waals surface area contributed by atoms with E-state index in [2.05, 4.69) is 10.3 Å². The molecule has 0 aromatic carbocycles. The number of aromatic nitrogens is 1. The minimum Gasteiger partial charge on any atom is -0.340 e. The van der Waals surface area contributed by atoms with E-state index in [0.717, 1.165) is 13.1 Å². The summed E-state index contributed by atoms with van der Waals surface area (Å²) in [5.41, 5.74) is 0.415. The first kappa shape index (κ1) is 25.7. The van der Waals surface area contributed by atoms with Gasteiger partial charge in [-0.25, -0.2) is 8.42 Å². The molecule has 35 heavy (non-hydrogen) atoms. The summed E-state index contributed by atoms with van der Waals surface area (Å²) in [5, 5.41) is 3.22. The van der Waals surface area contributed by atoms with Gasteiger partial charge in [0, 0.05) is 51.3 Å². The average molecular weight is 506 g/mol. The number of carbonyl (C=O) groups excluding carboxylic acids is 3. The number of ketones is 1. The second-order valence-corrected chi connectivity index (χ2v) is 12.0. The van der Waals surface area contributed by atoms with Gasteiger partial charge in [-0.15, -0.1) is 0 Å². The lowest BCUT2D eigenvalue weighted by molar-refractivity contribution is -0.144. The molecule has 10 nitrogen and oxygen atoms in total. The molecule has 0 saturated carbocycles. The molecule has 2 amide bonds. The fourth-order valence-electron chi connectivity index (χ4n) is 5.46. The fourth-order valence-corrected chi connectivity index (χ4v) is 7.13. The molecule has 11 heteroatoms. The summed E-state index contributed by atoms with van der Waals surface area (Å²) in [6.07, 6.45) is 2.60. The minimum absolute atomic E-state index is 0.0430. The predicted octanol–water partition coefficient (Wildman–Crippen LogP) is 0.250. The fraction of sp³-hybridized carbons (Fsp3) is 0.667. The highest BCUT2D eigenvalue weighted by Gasteiger charge is 2.54. The normalized spacial score (nSPS) is 24.1. The monoisotopic (exact) mass is 505 g/mol. The van der Waals surface area contributed by atoms with Gasteiger partial charge in [0.15, 0.2) is 5.78 Å². The molecule has 4 heterocycles. The maximum absolute atomic E-state index is 13.6. The summed E-state index contributed by atoms with van der Waals surface area (Å²) in [5.74, 6) is -1.13. The van der Waals surface area contributed by atoms with Crippen LogP contribution in [0.2, 0.25) is 0 Å². The molecule has 0 spiro atoms. The van der Waals surface area contributed by atoms with E-state index < -0.39 is 28.0 Å². The number of piperazine rings is 1. The van der Waals surface area contributed by atoms with E-state index in [-0.39, 0.29) is 42.2 Å². The largest absolute Gasteiger partial charge is 0.340 e. The maximum Gasteiger partial charge on any atom is 0.226 e. The van der Waals surface area contributed by atoms with Crippen molar-refractivity contribution < 1.29 is 22.8 Å². The number of nitrogens with zero attached hydrogens (tertiary/aromatic N) is 4. The van der Waals surface area contributed by atoms with Crippen molar-refractivity contribution in [2.75, 3.05) is 39.3 Å². The number of Topliss-reactive ketones (excluding diaryl/α,β-unsaturated/α-hetero) is 1. The second kappa shape index (κ2) is 10.7. The Labute approximate surface area is 207 Å². The van der Waals surface area contributed by atoms with Gasteiger partial charge in [-0.05, 0) is 30.9 Å². The average Bonchev–Trinajstić information content (AvgIpc) is 3.40. The Hall–Kier alpha value is -2.37. The van der Waals surface area contributed by atoms with Crippen molar-refractivity contribution in [3.05, 3.63) is 30.1 Å².